The maximum Gasteiger partial charge on any atom is 0.354 e. The first-order valence-corrected chi connectivity index (χ1v) is 5.76. The first-order valence-electron chi connectivity index (χ1n) is 5.76. The van der Waals surface area contributed by atoms with Crippen LogP contribution in [0.1, 0.15) is 10.5 Å². The zero-order valence-corrected chi connectivity index (χ0v) is 10.2. The molecule has 7 heteroatoms. The summed E-state index contributed by atoms with van der Waals surface area (Å²) in [6, 6.07) is 6.49. The van der Waals surface area contributed by atoms with Crippen LogP contribution in [-0.2, 0) is 4.79 Å². The number of hydrogen-bond acceptors (Lipinski definition) is 5. The highest BCUT2D eigenvalue weighted by Gasteiger charge is 2.17. The number of carboxylic acids is 1. The van der Waals surface area contributed by atoms with Crippen LogP contribution in [0.3, 0.4) is 0 Å². The molecule has 1 aromatic heterocycles. The minimum absolute atomic E-state index is 0.0109. The van der Waals surface area contributed by atoms with E-state index in [0.717, 1.165) is 0 Å². The number of fused-ring (bicyclic) bond motifs is 1. The molecule has 0 saturated heterocycles. The molecule has 1 aliphatic rings. The molecule has 0 saturated carbocycles. The largest absolute Gasteiger partial charge is 0.482 e. The first-order chi connectivity index (χ1) is 9.63. The van der Waals surface area contributed by atoms with Crippen LogP contribution < -0.4 is 10.1 Å². The van der Waals surface area contributed by atoms with E-state index in [1.165, 1.54) is 12.4 Å². The molecule has 0 bridgehead atoms. The summed E-state index contributed by atoms with van der Waals surface area (Å²) >= 11 is 0. The number of nitrogens with one attached hydrogen (secondary N) is 1. The number of rotatable bonds is 2. The second-order valence-corrected chi connectivity index (χ2v) is 4.14. The third-order valence-electron chi connectivity index (χ3n) is 2.79. The Morgan fingerprint density at radius 1 is 1.30 bits per heavy atom. The van der Waals surface area contributed by atoms with E-state index in [9.17, 15) is 9.59 Å². The summed E-state index contributed by atoms with van der Waals surface area (Å²) in [5, 5.41) is 11.6. The van der Waals surface area contributed by atoms with Crippen molar-refractivity contribution in [1.29, 1.82) is 0 Å². The molecule has 1 amide bonds. The molecular weight excluding hydrogens is 262 g/mol. The minimum atomic E-state index is -1.12. The Morgan fingerprint density at radius 3 is 2.95 bits per heavy atom. The molecular formula is C13H9N3O4. The van der Waals surface area contributed by atoms with Gasteiger partial charge in [-0.1, -0.05) is 0 Å². The van der Waals surface area contributed by atoms with Crippen molar-refractivity contribution in [3.05, 3.63) is 36.3 Å². The standard InChI is InChI=1S/C13H9N3O4/c17-12-5-20-11-2-1-7(3-9(11)16-12)8-4-10(13(18)19)15-6-14-8/h1-4,6H,5H2,(H,16,17)(H,18,19). The first kappa shape index (κ1) is 12.1. The molecule has 0 radical (unpaired) electrons. The molecule has 7 nitrogen and oxygen atoms in total. The number of anilines is 1. The van der Waals surface area contributed by atoms with E-state index in [4.69, 9.17) is 9.84 Å². The van der Waals surface area contributed by atoms with Crippen LogP contribution in [0.15, 0.2) is 30.6 Å². The second-order valence-electron chi connectivity index (χ2n) is 4.14. The van der Waals surface area contributed by atoms with Crippen LogP contribution in [0.25, 0.3) is 11.3 Å². The highest BCUT2D eigenvalue weighted by molar-refractivity contribution is 5.96. The van der Waals surface area contributed by atoms with Crippen LogP contribution in [-0.4, -0.2) is 33.6 Å². The molecule has 2 aromatic rings. The number of carbonyl (C=O) groups excluding carboxylic acids is 1. The fourth-order valence-electron chi connectivity index (χ4n) is 1.87. The zero-order chi connectivity index (χ0) is 14.1. The SMILES string of the molecule is O=C1COc2ccc(-c3cc(C(=O)O)ncn3)cc2N1. The van der Waals surface area contributed by atoms with Crippen LogP contribution in [0.4, 0.5) is 5.69 Å². The number of aromatic carboxylic acids is 1. The Kier molecular flexibility index (Phi) is 2.79. The van der Waals surface area contributed by atoms with Gasteiger partial charge >= 0.3 is 5.97 Å². The van der Waals surface area contributed by atoms with Gasteiger partial charge in [0.25, 0.3) is 5.91 Å². The summed E-state index contributed by atoms with van der Waals surface area (Å²) in [5.41, 5.74) is 1.57. The summed E-state index contributed by atoms with van der Waals surface area (Å²) in [5.74, 6) is -0.785. The van der Waals surface area contributed by atoms with Gasteiger partial charge in [-0.2, -0.15) is 0 Å². The zero-order valence-electron chi connectivity index (χ0n) is 10.2. The van der Waals surface area contributed by atoms with Crippen molar-refractivity contribution < 1.29 is 19.4 Å². The van der Waals surface area contributed by atoms with Crippen molar-refractivity contribution in [2.75, 3.05) is 11.9 Å². The van der Waals surface area contributed by atoms with E-state index < -0.39 is 5.97 Å². The Balaban J connectivity index is 2.02. The third-order valence-corrected chi connectivity index (χ3v) is 2.79. The monoisotopic (exact) mass is 271 g/mol. The summed E-state index contributed by atoms with van der Waals surface area (Å²) in [6.07, 6.45) is 1.19. The van der Waals surface area contributed by atoms with Gasteiger partial charge in [0.2, 0.25) is 0 Å². The van der Waals surface area contributed by atoms with Crippen molar-refractivity contribution >= 4 is 17.6 Å². The van der Waals surface area contributed by atoms with Gasteiger partial charge in [-0.05, 0) is 24.3 Å². The summed E-state index contributed by atoms with van der Waals surface area (Å²) in [4.78, 5) is 29.9. The van der Waals surface area contributed by atoms with Crippen molar-refractivity contribution in [3.8, 4) is 17.0 Å². The number of nitrogens with zero attached hydrogens (tertiary/aromatic N) is 2. The number of aromatic nitrogens is 2. The predicted octanol–water partition coefficient (Wildman–Crippen LogP) is 1.17. The van der Waals surface area contributed by atoms with Crippen molar-refractivity contribution in [3.63, 3.8) is 0 Å². The number of benzene rings is 1. The maximum absolute atomic E-state index is 11.3. The van der Waals surface area contributed by atoms with E-state index in [0.29, 0.717) is 22.7 Å². The van der Waals surface area contributed by atoms with Gasteiger partial charge in [-0.15, -0.1) is 0 Å². The molecule has 3 rings (SSSR count). The average Bonchev–Trinajstić information content (AvgIpc) is 2.46. The Bertz CT molecular complexity index is 715. The molecule has 1 aromatic carbocycles. The maximum atomic E-state index is 11.3. The molecule has 20 heavy (non-hydrogen) atoms. The third kappa shape index (κ3) is 2.16. The predicted molar refractivity (Wildman–Crippen MR) is 68.6 cm³/mol. The molecule has 0 fully saturated rings. The van der Waals surface area contributed by atoms with Gasteiger partial charge in [-0.25, -0.2) is 14.8 Å². The number of carbonyl (C=O) groups is 2. The molecule has 2 heterocycles. The molecule has 100 valence electrons. The molecule has 2 N–H and O–H groups in total. The van der Waals surface area contributed by atoms with E-state index >= 15 is 0 Å². The van der Waals surface area contributed by atoms with Gasteiger partial charge in [0.15, 0.2) is 12.3 Å². The fraction of sp³-hybridized carbons (Fsp3) is 0.0769. The van der Waals surface area contributed by atoms with E-state index in [1.807, 2.05) is 0 Å². The van der Waals surface area contributed by atoms with Crippen LogP contribution in [0.5, 0.6) is 5.75 Å². The van der Waals surface area contributed by atoms with E-state index in [-0.39, 0.29) is 18.2 Å². The van der Waals surface area contributed by atoms with E-state index in [1.54, 1.807) is 18.2 Å². The smallest absolute Gasteiger partial charge is 0.354 e. The number of ether oxygens (including phenoxy) is 1. The lowest BCUT2D eigenvalue weighted by Crippen LogP contribution is -2.25. The molecule has 0 spiro atoms. The van der Waals surface area contributed by atoms with Gasteiger partial charge < -0.3 is 15.2 Å². The quantitative estimate of drug-likeness (QED) is 0.850. The molecule has 0 atom stereocenters. The number of carboxylic acid groups (broad SMARTS) is 1. The molecule has 1 aliphatic heterocycles. The van der Waals surface area contributed by atoms with Crippen LogP contribution >= 0.6 is 0 Å². The minimum Gasteiger partial charge on any atom is -0.482 e. The molecule has 0 aliphatic carbocycles. The van der Waals surface area contributed by atoms with Gasteiger partial charge in [0, 0.05) is 5.56 Å². The Hall–Kier alpha value is -2.96. The second kappa shape index (κ2) is 4.61. The fourth-order valence-corrected chi connectivity index (χ4v) is 1.87. The number of hydrogen-bond donors (Lipinski definition) is 2. The topological polar surface area (TPSA) is 101 Å². The van der Waals surface area contributed by atoms with Gasteiger partial charge in [-0.3, -0.25) is 4.79 Å². The number of amides is 1. The van der Waals surface area contributed by atoms with Gasteiger partial charge in [0.1, 0.15) is 12.1 Å². The van der Waals surface area contributed by atoms with Crippen molar-refractivity contribution in [1.82, 2.24) is 9.97 Å². The van der Waals surface area contributed by atoms with Crippen LogP contribution in [0.2, 0.25) is 0 Å². The van der Waals surface area contributed by atoms with Crippen LogP contribution in [0, 0.1) is 0 Å². The Labute approximate surface area is 113 Å². The van der Waals surface area contributed by atoms with Crippen molar-refractivity contribution in [2.45, 2.75) is 0 Å². The van der Waals surface area contributed by atoms with E-state index in [2.05, 4.69) is 15.3 Å². The average molecular weight is 271 g/mol. The Morgan fingerprint density at radius 2 is 2.15 bits per heavy atom. The highest BCUT2D eigenvalue weighted by Crippen LogP contribution is 2.31. The lowest BCUT2D eigenvalue weighted by atomic mass is 10.1. The summed E-state index contributed by atoms with van der Waals surface area (Å²) in [6.45, 7) is -0.0109. The van der Waals surface area contributed by atoms with Crippen molar-refractivity contribution in [2.24, 2.45) is 0 Å². The molecule has 0 unspecified atom stereocenters. The summed E-state index contributed by atoms with van der Waals surface area (Å²) in [7, 11) is 0. The normalized spacial score (nSPS) is 13.1. The van der Waals surface area contributed by atoms with Gasteiger partial charge in [0.05, 0.1) is 11.4 Å². The lowest BCUT2D eigenvalue weighted by molar-refractivity contribution is -0.118. The summed E-state index contributed by atoms with van der Waals surface area (Å²) < 4.78 is 5.25. The highest BCUT2D eigenvalue weighted by atomic mass is 16.5. The lowest BCUT2D eigenvalue weighted by Gasteiger charge is -2.18.